The van der Waals surface area contributed by atoms with Gasteiger partial charge in [-0.2, -0.15) is 13.1 Å². The molecule has 0 aliphatic carbocycles. The molecule has 0 unspecified atom stereocenters. The van der Waals surface area contributed by atoms with E-state index >= 15 is 0 Å². The number of hydrogen-bond donors (Lipinski definition) is 14. The van der Waals surface area contributed by atoms with Crippen LogP contribution in [-0.4, -0.2) is 105 Å². The Bertz CT molecular complexity index is 3120. The van der Waals surface area contributed by atoms with Gasteiger partial charge in [0.1, 0.15) is 33.1 Å². The van der Waals surface area contributed by atoms with E-state index in [0.29, 0.717) is 57.4 Å². The largest absolute Gasteiger partial charge is 0.394 e. The van der Waals surface area contributed by atoms with E-state index < -0.39 is 66.8 Å². The summed E-state index contributed by atoms with van der Waals surface area (Å²) >= 11 is 22.6. The highest BCUT2D eigenvalue weighted by Crippen LogP contribution is 2.31. The van der Waals surface area contributed by atoms with Crippen LogP contribution in [0.2, 0.25) is 0 Å². The average Bonchev–Trinajstić information content (AvgIpc) is 4.37. The molecular formula is C50H59BBr3Cl2N15O9S3. The van der Waals surface area contributed by atoms with E-state index in [0.717, 1.165) is 37.6 Å². The maximum atomic E-state index is 11.9. The number of nitrogens with zero attached hydrogens (tertiary/aromatic N) is 3. The van der Waals surface area contributed by atoms with Crippen molar-refractivity contribution in [1.29, 1.82) is 0 Å². The van der Waals surface area contributed by atoms with Crippen molar-refractivity contribution in [1.82, 2.24) is 13.1 Å². The first-order valence-corrected chi connectivity index (χ1v) is 30.0. The highest BCUT2D eigenvalue weighted by Gasteiger charge is 2.20. The van der Waals surface area contributed by atoms with Crippen molar-refractivity contribution in [3.8, 4) is 0 Å². The molecule has 7 aromatic rings. The maximum Gasteiger partial charge on any atom is 0.369 e. The number of carbonyl (C=O) groups is 6. The number of aryl methyl sites for hydroxylation is 3. The SMILES string of the molecule is BrB(Br)Br.Cc1cc(Nc2cc(N[C@H](CO)C(N)=O)ccc2C(N)=O)sn1.Cc1cc(Nc2cc(N[C@H](CO)C(N)=O)ccc2C(N)=O)sn1.Cc1cc(Nc2cc(N[C@H](COCc3ccccc3)C(N)=O)ccc2C(N)=O)sn1.ClCCl. The number of rotatable bonds is 24. The molecule has 24 nitrogen and oxygen atoms in total. The molecule has 0 spiro atoms. The highest BCUT2D eigenvalue weighted by molar-refractivity contribution is 9.69. The summed E-state index contributed by atoms with van der Waals surface area (Å²) in [4.78, 5) is 69.2. The number of benzene rings is 4. The van der Waals surface area contributed by atoms with Gasteiger partial charge in [0.05, 0.1) is 82.6 Å². The van der Waals surface area contributed by atoms with Crippen LogP contribution in [0.15, 0.2) is 103 Å². The number of nitrogens with one attached hydrogen (secondary N) is 6. The van der Waals surface area contributed by atoms with Gasteiger partial charge < -0.3 is 81.3 Å². The molecule has 83 heavy (non-hydrogen) atoms. The third-order valence-electron chi connectivity index (χ3n) is 10.3. The first-order valence-electron chi connectivity index (χ1n) is 23.9. The summed E-state index contributed by atoms with van der Waals surface area (Å²) in [5, 5.41) is 38.7. The summed E-state index contributed by atoms with van der Waals surface area (Å²) in [6.07, 6.45) is 0. The van der Waals surface area contributed by atoms with Crippen LogP contribution in [0, 0.1) is 20.8 Å². The predicted octanol–water partition coefficient (Wildman–Crippen LogP) is 7.46. The van der Waals surface area contributed by atoms with Crippen molar-refractivity contribution in [2.45, 2.75) is 45.5 Å². The van der Waals surface area contributed by atoms with Gasteiger partial charge in [-0.05, 0) is 134 Å². The summed E-state index contributed by atoms with van der Waals surface area (Å²) < 4.78 is 18.4. The minimum absolute atomic E-state index is 0.0958. The number of anilines is 9. The average molecular weight is 1430 g/mol. The minimum atomic E-state index is -0.923. The standard InChI is InChI=1S/C21H23N5O3S.2C14H17N5O3S.CH2Cl2.BBr3/c1-13-9-19(30-26-13)25-17-10-15(7-8-16(17)20(22)27)24-18(21(23)28)12-29-11-14-5-3-2-4-6-14;2*1-7-4-12(23-19-7)18-10-5-8(2-3-9(10)13(15)21)17-11(6-20)14(16)22;2-1-3;2-1(3)4/h2-10,18,24-25H,11-12H2,1H3,(H2,22,27)(H2,23,28);2*2-5,11,17-18,20H,6H2,1H3,(H2,15,21)(H2,16,22);1H2;/t18-;2*11-;;/m111../s1. The van der Waals surface area contributed by atoms with E-state index in [2.05, 4.69) is 92.3 Å². The number of hydrogen-bond acceptors (Lipinski definition) is 21. The number of primary amides is 6. The van der Waals surface area contributed by atoms with Gasteiger partial charge in [-0.3, -0.25) is 28.8 Å². The Hall–Kier alpha value is -6.65. The first kappa shape index (κ1) is 70.6. The third kappa shape index (κ3) is 25.8. The van der Waals surface area contributed by atoms with E-state index in [1.54, 1.807) is 42.5 Å². The molecule has 3 atom stereocenters. The Balaban J connectivity index is 0.000000312. The second kappa shape index (κ2) is 36.8. The lowest BCUT2D eigenvalue weighted by Gasteiger charge is -2.18. The molecule has 0 aliphatic rings. The number of halogens is 5. The van der Waals surface area contributed by atoms with Gasteiger partial charge in [0.15, 0.2) is 0 Å². The normalized spacial score (nSPS) is 11.3. The second-order valence-electron chi connectivity index (χ2n) is 16.8. The molecule has 6 amide bonds. The topological polar surface area (TPSA) is 419 Å². The number of ether oxygens (including phenoxy) is 1. The summed E-state index contributed by atoms with van der Waals surface area (Å²) in [6, 6.07) is 26.9. The van der Waals surface area contributed by atoms with Crippen LogP contribution in [0.4, 0.5) is 49.1 Å². The Labute approximate surface area is 525 Å². The Morgan fingerprint density at radius 1 is 0.530 bits per heavy atom. The monoisotopic (exact) mass is 1430 g/mol. The predicted molar refractivity (Wildman–Crippen MR) is 344 cm³/mol. The fourth-order valence-corrected chi connectivity index (χ4v) is 8.63. The molecule has 0 radical (unpaired) electrons. The van der Waals surface area contributed by atoms with Crippen LogP contribution in [0.3, 0.4) is 0 Å². The van der Waals surface area contributed by atoms with Gasteiger partial charge in [-0.1, -0.05) is 30.3 Å². The summed E-state index contributed by atoms with van der Waals surface area (Å²) in [5.41, 5.74) is 39.6. The molecule has 4 aromatic carbocycles. The lowest BCUT2D eigenvalue weighted by molar-refractivity contribution is -0.120. The molecule has 7 rings (SSSR count). The van der Waals surface area contributed by atoms with Crippen molar-refractivity contribution in [2.75, 3.05) is 57.1 Å². The van der Waals surface area contributed by atoms with Crippen LogP contribution in [0.5, 0.6) is 0 Å². The summed E-state index contributed by atoms with van der Waals surface area (Å²) in [6.45, 7) is 5.17. The number of alkyl halides is 2. The van der Waals surface area contributed by atoms with Crippen LogP contribution in [0.1, 0.15) is 53.7 Å². The van der Waals surface area contributed by atoms with Crippen molar-refractivity contribution >= 4 is 193 Å². The Morgan fingerprint density at radius 2 is 0.831 bits per heavy atom. The third-order valence-corrected chi connectivity index (χ3v) is 12.7. The van der Waals surface area contributed by atoms with Gasteiger partial charge in [-0.15, -0.1) is 70.5 Å². The van der Waals surface area contributed by atoms with Gasteiger partial charge in [0.25, 0.3) is 17.7 Å². The van der Waals surface area contributed by atoms with Gasteiger partial charge in [0.2, 0.25) is 17.7 Å². The fourth-order valence-electron chi connectivity index (χ4n) is 6.60. The highest BCUT2D eigenvalue weighted by atomic mass is 79.9. The molecule has 0 bridgehead atoms. The molecule has 444 valence electrons. The molecular weight excluding hydrogens is 1370 g/mol. The molecule has 3 heterocycles. The van der Waals surface area contributed by atoms with Crippen LogP contribution >= 0.6 is 105 Å². The Morgan fingerprint density at radius 3 is 1.08 bits per heavy atom. The lowest BCUT2D eigenvalue weighted by Crippen LogP contribution is -2.39. The van der Waals surface area contributed by atoms with Gasteiger partial charge >= 0.3 is 3.18 Å². The van der Waals surface area contributed by atoms with Gasteiger partial charge in [0, 0.05) is 17.1 Å². The van der Waals surface area contributed by atoms with Crippen LogP contribution in [-0.2, 0) is 25.7 Å². The zero-order chi connectivity index (χ0) is 61.8. The van der Waals surface area contributed by atoms with E-state index in [4.69, 9.17) is 72.6 Å². The summed E-state index contributed by atoms with van der Waals surface area (Å²) in [7, 11) is 0. The molecule has 0 aliphatic heterocycles. The fraction of sp³-hybridized carbons (Fsp3) is 0.220. The second-order valence-corrected chi connectivity index (χ2v) is 26.4. The van der Waals surface area contributed by atoms with E-state index in [1.165, 1.54) is 46.7 Å². The smallest absolute Gasteiger partial charge is 0.369 e. The zero-order valence-corrected chi connectivity index (χ0v) is 53.1. The van der Waals surface area contributed by atoms with E-state index in [9.17, 15) is 28.8 Å². The Kier molecular flexibility index (Phi) is 31.3. The van der Waals surface area contributed by atoms with Crippen molar-refractivity contribution in [2.24, 2.45) is 34.4 Å². The molecule has 0 fully saturated rings. The van der Waals surface area contributed by atoms with Crippen molar-refractivity contribution in [3.05, 3.63) is 142 Å². The molecule has 3 aromatic heterocycles. The minimum Gasteiger partial charge on any atom is -0.394 e. The summed E-state index contributed by atoms with van der Waals surface area (Å²) in [5.74, 6) is -3.65. The van der Waals surface area contributed by atoms with Crippen molar-refractivity contribution in [3.63, 3.8) is 0 Å². The van der Waals surface area contributed by atoms with E-state index in [-0.39, 0.29) is 15.1 Å². The first-order chi connectivity index (χ1) is 39.4. The van der Waals surface area contributed by atoms with Crippen molar-refractivity contribution < 1.29 is 43.7 Å². The zero-order valence-electron chi connectivity index (χ0n) is 44.3. The number of aromatic nitrogens is 3. The van der Waals surface area contributed by atoms with E-state index in [1.807, 2.05) is 69.3 Å². The molecule has 0 saturated carbocycles. The quantitative estimate of drug-likeness (QED) is 0.0206. The van der Waals surface area contributed by atoms with Crippen LogP contribution in [0.25, 0.3) is 0 Å². The van der Waals surface area contributed by atoms with Gasteiger partial charge in [-0.25, -0.2) is 0 Å². The number of nitrogens with two attached hydrogens (primary N) is 6. The molecule has 0 saturated heterocycles. The number of carbonyl (C=O) groups excluding carboxylic acids is 6. The molecule has 20 N–H and O–H groups in total. The molecule has 33 heteroatoms. The van der Waals surface area contributed by atoms with Crippen LogP contribution < -0.4 is 66.3 Å². The number of aliphatic hydroxyl groups excluding tert-OH is 2. The lowest BCUT2D eigenvalue weighted by atomic mass is 10.1. The number of amides is 6. The maximum absolute atomic E-state index is 11.9. The number of aliphatic hydroxyl groups is 2.